The van der Waals surface area contributed by atoms with Crippen molar-refractivity contribution in [1.82, 2.24) is 24.1 Å². The molecule has 0 unspecified atom stereocenters. The average Bonchev–Trinajstić information content (AvgIpc) is 3.80. The summed E-state index contributed by atoms with van der Waals surface area (Å²) in [6.07, 6.45) is 0. The van der Waals surface area contributed by atoms with E-state index >= 15 is 0 Å². The molecule has 0 saturated heterocycles. The summed E-state index contributed by atoms with van der Waals surface area (Å²) in [5.41, 5.74) is 9.86. The van der Waals surface area contributed by atoms with Crippen molar-refractivity contribution in [1.29, 1.82) is 5.26 Å². The molecule has 0 aliphatic rings. The fourth-order valence-electron chi connectivity index (χ4n) is 8.25. The van der Waals surface area contributed by atoms with Crippen LogP contribution in [-0.2, 0) is 0 Å². The fourth-order valence-corrected chi connectivity index (χ4v) is 8.25. The number of rotatable bonds is 5. The monoisotopic (exact) mass is 739 g/mol. The zero-order valence-corrected chi connectivity index (χ0v) is 30.9. The Balaban J connectivity index is 1.15. The van der Waals surface area contributed by atoms with Crippen molar-refractivity contribution < 1.29 is 0 Å². The summed E-state index contributed by atoms with van der Waals surface area (Å²) in [6.45, 7) is 7.77. The van der Waals surface area contributed by atoms with Crippen molar-refractivity contribution in [3.8, 4) is 51.6 Å². The molecule has 0 saturated carbocycles. The van der Waals surface area contributed by atoms with Gasteiger partial charge in [0.2, 0.25) is 0 Å². The van der Waals surface area contributed by atoms with Crippen LogP contribution in [0.4, 0.5) is 5.69 Å². The van der Waals surface area contributed by atoms with E-state index in [4.69, 9.17) is 21.5 Å². The lowest BCUT2D eigenvalue weighted by atomic mass is 10.1. The standard InChI is InChI=1S/C51H29N7/c1-53-38-21-25-48-44(30-38)43-29-37(20-24-47(43)58(48)40-14-6-3-7-15-40)51-55-49(35-18-17-33-10-8-9-11-34(33)27-35)54-50(56-51)36-19-23-46-42(28-36)41-26-32(31-52)16-22-45(41)57(46)39-12-4-2-5-13-39/h2-30H. The molecule has 8 aromatic carbocycles. The zero-order valence-electron chi connectivity index (χ0n) is 30.9. The van der Waals surface area contributed by atoms with Gasteiger partial charge in [-0.1, -0.05) is 78.9 Å². The summed E-state index contributed by atoms with van der Waals surface area (Å²) in [7, 11) is 0. The Bertz CT molecular complexity index is 3340. The van der Waals surface area contributed by atoms with Gasteiger partial charge in [-0.2, -0.15) is 5.26 Å². The zero-order chi connectivity index (χ0) is 38.7. The Morgan fingerprint density at radius 1 is 0.431 bits per heavy atom. The number of fused-ring (bicyclic) bond motifs is 7. The van der Waals surface area contributed by atoms with Crippen LogP contribution in [-0.4, -0.2) is 24.1 Å². The molecule has 58 heavy (non-hydrogen) atoms. The van der Waals surface area contributed by atoms with Crippen LogP contribution in [0.3, 0.4) is 0 Å². The van der Waals surface area contributed by atoms with E-state index in [1.807, 2.05) is 84.9 Å². The van der Waals surface area contributed by atoms with Gasteiger partial charge in [0.05, 0.1) is 40.3 Å². The van der Waals surface area contributed by atoms with Gasteiger partial charge in [-0.3, -0.25) is 0 Å². The van der Waals surface area contributed by atoms with Crippen molar-refractivity contribution in [3.63, 3.8) is 0 Å². The maximum absolute atomic E-state index is 9.88. The Morgan fingerprint density at radius 2 is 0.879 bits per heavy atom. The fraction of sp³-hybridized carbons (Fsp3) is 0. The third-order valence-electron chi connectivity index (χ3n) is 11.0. The number of nitriles is 1. The van der Waals surface area contributed by atoms with E-state index in [1.165, 1.54) is 0 Å². The van der Waals surface area contributed by atoms with Crippen molar-refractivity contribution >= 4 is 60.1 Å². The first-order valence-electron chi connectivity index (χ1n) is 18.9. The molecule has 0 spiro atoms. The highest BCUT2D eigenvalue weighted by Crippen LogP contribution is 2.38. The van der Waals surface area contributed by atoms with Crippen LogP contribution in [0.5, 0.6) is 0 Å². The van der Waals surface area contributed by atoms with E-state index < -0.39 is 0 Å². The minimum atomic E-state index is 0.536. The van der Waals surface area contributed by atoms with Crippen LogP contribution >= 0.6 is 0 Å². The molecule has 0 N–H and O–H groups in total. The number of hydrogen-bond donors (Lipinski definition) is 0. The van der Waals surface area contributed by atoms with Gasteiger partial charge in [-0.15, -0.1) is 0 Å². The predicted molar refractivity (Wildman–Crippen MR) is 233 cm³/mol. The summed E-state index contributed by atoms with van der Waals surface area (Å²) < 4.78 is 4.47. The van der Waals surface area contributed by atoms with Gasteiger partial charge in [-0.25, -0.2) is 19.8 Å². The molecule has 3 heterocycles. The van der Waals surface area contributed by atoms with Crippen LogP contribution < -0.4 is 0 Å². The summed E-state index contributed by atoms with van der Waals surface area (Å²) in [4.78, 5) is 19.3. The van der Waals surface area contributed by atoms with Gasteiger partial charge in [0, 0.05) is 44.2 Å². The largest absolute Gasteiger partial charge is 0.309 e. The second kappa shape index (κ2) is 13.1. The normalized spacial score (nSPS) is 11.4. The van der Waals surface area contributed by atoms with Crippen LogP contribution in [0.2, 0.25) is 0 Å². The Morgan fingerprint density at radius 3 is 1.43 bits per heavy atom. The maximum atomic E-state index is 9.88. The molecule has 268 valence electrons. The molecule has 0 bridgehead atoms. The lowest BCUT2D eigenvalue weighted by Gasteiger charge is -2.11. The quantitative estimate of drug-likeness (QED) is 0.165. The molecule has 0 atom stereocenters. The van der Waals surface area contributed by atoms with Crippen LogP contribution in [0.1, 0.15) is 5.56 Å². The van der Waals surface area contributed by atoms with E-state index in [2.05, 4.69) is 111 Å². The third kappa shape index (κ3) is 5.31. The topological polar surface area (TPSA) is 76.7 Å². The second-order valence-electron chi connectivity index (χ2n) is 14.3. The molecule has 11 aromatic rings. The third-order valence-corrected chi connectivity index (χ3v) is 11.0. The number of hydrogen-bond acceptors (Lipinski definition) is 4. The minimum Gasteiger partial charge on any atom is -0.309 e. The van der Waals surface area contributed by atoms with E-state index in [1.54, 1.807) is 0 Å². The first-order valence-corrected chi connectivity index (χ1v) is 18.9. The van der Waals surface area contributed by atoms with Crippen molar-refractivity contribution in [2.24, 2.45) is 0 Å². The van der Waals surface area contributed by atoms with Crippen molar-refractivity contribution in [2.45, 2.75) is 0 Å². The van der Waals surface area contributed by atoms with E-state index in [-0.39, 0.29) is 0 Å². The van der Waals surface area contributed by atoms with Crippen LogP contribution in [0.25, 0.3) is 105 Å². The molecule has 0 aliphatic carbocycles. The van der Waals surface area contributed by atoms with Crippen LogP contribution in [0, 0.1) is 17.9 Å². The number of benzene rings is 8. The molecule has 0 amide bonds. The number of aromatic nitrogens is 5. The molecule has 3 aromatic heterocycles. The van der Waals surface area contributed by atoms with Gasteiger partial charge >= 0.3 is 0 Å². The van der Waals surface area contributed by atoms with Gasteiger partial charge in [0.1, 0.15) is 0 Å². The Kier molecular flexibility index (Phi) is 7.47. The van der Waals surface area contributed by atoms with Gasteiger partial charge < -0.3 is 9.13 Å². The highest BCUT2D eigenvalue weighted by Gasteiger charge is 2.19. The molecule has 0 fully saturated rings. The molecular weight excluding hydrogens is 711 g/mol. The van der Waals surface area contributed by atoms with E-state index in [0.29, 0.717) is 28.7 Å². The molecular formula is C51H29N7. The molecule has 0 aliphatic heterocycles. The predicted octanol–water partition coefficient (Wildman–Crippen LogP) is 12.6. The molecule has 7 nitrogen and oxygen atoms in total. The first-order chi connectivity index (χ1) is 28.6. The van der Waals surface area contributed by atoms with Gasteiger partial charge in [0.25, 0.3) is 0 Å². The van der Waals surface area contributed by atoms with Gasteiger partial charge in [0.15, 0.2) is 23.2 Å². The van der Waals surface area contributed by atoms with E-state index in [9.17, 15) is 5.26 Å². The lowest BCUT2D eigenvalue weighted by Crippen LogP contribution is -2.00. The average molecular weight is 740 g/mol. The summed E-state index contributed by atoms with van der Waals surface area (Å²) in [5.74, 6) is 1.64. The number of para-hydroxylation sites is 2. The summed E-state index contributed by atoms with van der Waals surface area (Å²) in [5, 5.41) is 16.1. The van der Waals surface area contributed by atoms with Gasteiger partial charge in [-0.05, 0) is 113 Å². The highest BCUT2D eigenvalue weighted by molar-refractivity contribution is 6.12. The Hall–Kier alpha value is -8.39. The molecule has 0 radical (unpaired) electrons. The SMILES string of the molecule is [C-]#[N+]c1ccc2c(c1)c1cc(-c3nc(-c4ccc5ccccc5c4)nc(-c4ccc5c(c4)c4cc(C#N)ccc4n5-c4ccccc4)n3)ccc1n2-c1ccccc1. The van der Waals surface area contributed by atoms with Crippen molar-refractivity contribution in [3.05, 3.63) is 193 Å². The Labute approximate surface area is 332 Å². The molecule has 7 heteroatoms. The second-order valence-corrected chi connectivity index (χ2v) is 14.3. The van der Waals surface area contributed by atoms with Crippen LogP contribution in [0.15, 0.2) is 176 Å². The van der Waals surface area contributed by atoms with Crippen molar-refractivity contribution in [2.75, 3.05) is 0 Å². The summed E-state index contributed by atoms with van der Waals surface area (Å²) >= 11 is 0. The first kappa shape index (κ1) is 33.0. The summed E-state index contributed by atoms with van der Waals surface area (Å²) in [6, 6.07) is 61.8. The van der Waals surface area contributed by atoms with E-state index in [0.717, 1.165) is 82.4 Å². The minimum absolute atomic E-state index is 0.536. The lowest BCUT2D eigenvalue weighted by molar-refractivity contribution is 1.08. The maximum Gasteiger partial charge on any atom is 0.188 e. The molecule has 11 rings (SSSR count). The number of nitrogens with zero attached hydrogens (tertiary/aromatic N) is 7. The smallest absolute Gasteiger partial charge is 0.188 e. The highest BCUT2D eigenvalue weighted by atomic mass is 15.0.